The number of pyridine rings is 1. The van der Waals surface area contributed by atoms with Gasteiger partial charge in [0.2, 0.25) is 10.0 Å². The van der Waals surface area contributed by atoms with Gasteiger partial charge >= 0.3 is 0 Å². The molecule has 3 atom stereocenters. The van der Waals surface area contributed by atoms with E-state index in [0.717, 1.165) is 24.0 Å². The molecule has 0 amide bonds. The second-order valence-corrected chi connectivity index (χ2v) is 9.13. The minimum atomic E-state index is -3.13. The van der Waals surface area contributed by atoms with Gasteiger partial charge in [0.15, 0.2) is 0 Å². The van der Waals surface area contributed by atoms with Gasteiger partial charge in [-0.1, -0.05) is 12.5 Å². The minimum Gasteiger partial charge on any atom is -0.261 e. The van der Waals surface area contributed by atoms with Gasteiger partial charge in [0.25, 0.3) is 0 Å². The van der Waals surface area contributed by atoms with Gasteiger partial charge in [-0.15, -0.1) is 0 Å². The quantitative estimate of drug-likeness (QED) is 0.775. The smallest absolute Gasteiger partial charge is 0.213 e. The summed E-state index contributed by atoms with van der Waals surface area (Å²) >= 11 is 0. The fourth-order valence-electron chi connectivity index (χ4n) is 4.14. The Bertz CT molecular complexity index is 588. The molecule has 22 heavy (non-hydrogen) atoms. The first kappa shape index (κ1) is 15.9. The molecule has 0 radical (unpaired) electrons. The van der Waals surface area contributed by atoms with E-state index >= 15 is 0 Å². The molecule has 0 spiro atoms. The molecule has 4 nitrogen and oxygen atoms in total. The topological polar surface area (TPSA) is 50.3 Å². The molecule has 1 aromatic rings. The number of hydrogen-bond donors (Lipinski definition) is 0. The van der Waals surface area contributed by atoms with Gasteiger partial charge in [0, 0.05) is 31.9 Å². The van der Waals surface area contributed by atoms with Gasteiger partial charge in [-0.25, -0.2) is 12.7 Å². The third kappa shape index (κ3) is 3.69. The van der Waals surface area contributed by atoms with Crippen LogP contribution < -0.4 is 0 Å². The molecular formula is C17H26N2O2S. The van der Waals surface area contributed by atoms with E-state index < -0.39 is 10.0 Å². The van der Waals surface area contributed by atoms with E-state index in [0.29, 0.717) is 24.6 Å². The van der Waals surface area contributed by atoms with Crippen molar-refractivity contribution in [1.82, 2.24) is 9.29 Å². The summed E-state index contributed by atoms with van der Waals surface area (Å²) in [5.41, 5.74) is 0.942. The fourth-order valence-corrected chi connectivity index (χ4v) is 5.42. The Morgan fingerprint density at radius 2 is 2.14 bits per heavy atom. The molecule has 122 valence electrons. The highest BCUT2D eigenvalue weighted by Crippen LogP contribution is 2.49. The van der Waals surface area contributed by atoms with E-state index in [1.54, 1.807) is 13.2 Å². The third-order valence-corrected chi connectivity index (χ3v) is 7.40. The summed E-state index contributed by atoms with van der Waals surface area (Å²) in [6.45, 7) is 0.510. The van der Waals surface area contributed by atoms with Gasteiger partial charge in [-0.05, 0) is 55.6 Å². The summed E-state index contributed by atoms with van der Waals surface area (Å²) in [7, 11) is -1.44. The number of hydrogen-bond acceptors (Lipinski definition) is 3. The van der Waals surface area contributed by atoms with Crippen LogP contribution in [0.2, 0.25) is 0 Å². The summed E-state index contributed by atoms with van der Waals surface area (Å²) in [6.07, 6.45) is 8.57. The summed E-state index contributed by atoms with van der Waals surface area (Å²) in [5.74, 6) is 2.65. The van der Waals surface area contributed by atoms with Crippen LogP contribution in [0.3, 0.4) is 0 Å². The summed E-state index contributed by atoms with van der Waals surface area (Å²) in [5, 5.41) is 0. The van der Waals surface area contributed by atoms with Crippen LogP contribution in [0.15, 0.2) is 24.4 Å². The van der Waals surface area contributed by atoms with Crippen molar-refractivity contribution in [3.63, 3.8) is 0 Å². The van der Waals surface area contributed by atoms with Gasteiger partial charge in [-0.2, -0.15) is 0 Å². The Kier molecular flexibility index (Phi) is 4.83. The average molecular weight is 322 g/mol. The van der Waals surface area contributed by atoms with E-state index in [1.807, 2.05) is 18.2 Å². The maximum atomic E-state index is 12.4. The predicted molar refractivity (Wildman–Crippen MR) is 87.9 cm³/mol. The summed E-state index contributed by atoms with van der Waals surface area (Å²) in [4.78, 5) is 4.25. The lowest BCUT2D eigenvalue weighted by Crippen LogP contribution is -2.32. The van der Waals surface area contributed by atoms with Crippen molar-refractivity contribution in [2.24, 2.45) is 17.8 Å². The molecule has 2 bridgehead atoms. The van der Waals surface area contributed by atoms with Crippen LogP contribution in [0, 0.1) is 17.8 Å². The Hall–Kier alpha value is -0.940. The predicted octanol–water partition coefficient (Wildman–Crippen LogP) is 2.71. The van der Waals surface area contributed by atoms with Crippen LogP contribution in [0.4, 0.5) is 0 Å². The Labute approximate surface area is 134 Å². The number of fused-ring (bicyclic) bond motifs is 2. The Morgan fingerprint density at radius 3 is 2.77 bits per heavy atom. The molecule has 0 aromatic carbocycles. The molecule has 5 heteroatoms. The molecule has 2 saturated carbocycles. The van der Waals surface area contributed by atoms with Crippen LogP contribution >= 0.6 is 0 Å². The second kappa shape index (κ2) is 6.67. The Balaban J connectivity index is 1.47. The first-order valence-corrected chi connectivity index (χ1v) is 9.99. The zero-order valence-corrected chi connectivity index (χ0v) is 14.1. The number of nitrogens with zero attached hydrogens (tertiary/aromatic N) is 2. The highest BCUT2D eigenvalue weighted by atomic mass is 32.2. The molecule has 2 aliphatic carbocycles. The fraction of sp³-hybridized carbons (Fsp3) is 0.706. The van der Waals surface area contributed by atoms with Crippen molar-refractivity contribution >= 4 is 10.0 Å². The van der Waals surface area contributed by atoms with Crippen molar-refractivity contribution in [2.45, 2.75) is 38.5 Å². The van der Waals surface area contributed by atoms with Crippen LogP contribution in [-0.2, 0) is 16.4 Å². The van der Waals surface area contributed by atoms with Crippen LogP contribution in [0.5, 0.6) is 0 Å². The highest BCUT2D eigenvalue weighted by molar-refractivity contribution is 7.89. The molecule has 1 heterocycles. The maximum Gasteiger partial charge on any atom is 0.213 e. The molecule has 2 fully saturated rings. The first-order chi connectivity index (χ1) is 10.5. The van der Waals surface area contributed by atoms with Gasteiger partial charge in [0.05, 0.1) is 5.75 Å². The number of likely N-dealkylation sites (N-methyl/N-ethyl adjacent to an activating group) is 1. The molecule has 0 N–H and O–H groups in total. The SMILES string of the molecule is CN(CCc1ccccn1)S(=O)(=O)CCC1CC2CCC1C2. The van der Waals surface area contributed by atoms with Crippen molar-refractivity contribution < 1.29 is 8.42 Å². The molecular weight excluding hydrogens is 296 g/mol. The van der Waals surface area contributed by atoms with E-state index in [9.17, 15) is 8.42 Å². The first-order valence-electron chi connectivity index (χ1n) is 8.38. The zero-order chi connectivity index (χ0) is 15.6. The van der Waals surface area contributed by atoms with Gasteiger partial charge in [0.1, 0.15) is 0 Å². The minimum absolute atomic E-state index is 0.305. The molecule has 2 aliphatic rings. The lowest BCUT2D eigenvalue weighted by Gasteiger charge is -2.23. The highest BCUT2D eigenvalue weighted by Gasteiger charge is 2.39. The van der Waals surface area contributed by atoms with E-state index in [4.69, 9.17) is 0 Å². The lowest BCUT2D eigenvalue weighted by atomic mass is 9.87. The third-order valence-electron chi connectivity index (χ3n) is 5.51. The van der Waals surface area contributed by atoms with Crippen molar-refractivity contribution in [3.8, 4) is 0 Å². The van der Waals surface area contributed by atoms with Gasteiger partial charge < -0.3 is 0 Å². The largest absolute Gasteiger partial charge is 0.261 e. The van der Waals surface area contributed by atoms with E-state index in [2.05, 4.69) is 4.98 Å². The molecule has 0 saturated heterocycles. The number of rotatable bonds is 7. The van der Waals surface area contributed by atoms with Gasteiger partial charge in [-0.3, -0.25) is 4.98 Å². The molecule has 3 rings (SSSR count). The van der Waals surface area contributed by atoms with Crippen molar-refractivity contribution in [2.75, 3.05) is 19.3 Å². The molecule has 1 aromatic heterocycles. The van der Waals surface area contributed by atoms with Crippen LogP contribution in [0.25, 0.3) is 0 Å². The van der Waals surface area contributed by atoms with Crippen LogP contribution in [0.1, 0.15) is 37.8 Å². The maximum absolute atomic E-state index is 12.4. The average Bonchev–Trinajstić information content (AvgIpc) is 3.14. The van der Waals surface area contributed by atoms with E-state index in [-0.39, 0.29) is 0 Å². The number of sulfonamides is 1. The molecule has 0 aliphatic heterocycles. The lowest BCUT2D eigenvalue weighted by molar-refractivity contribution is 0.323. The van der Waals surface area contributed by atoms with E-state index in [1.165, 1.54) is 30.0 Å². The van der Waals surface area contributed by atoms with Crippen LogP contribution in [-0.4, -0.2) is 37.1 Å². The normalized spacial score (nSPS) is 27.6. The standard InChI is InChI=1S/C17H26N2O2S/c1-19(10-7-17-4-2-3-9-18-17)22(20,21)11-8-16-13-14-5-6-15(16)12-14/h2-4,9,14-16H,5-8,10-13H2,1H3. The summed E-state index contributed by atoms with van der Waals surface area (Å²) in [6, 6.07) is 5.75. The Morgan fingerprint density at radius 1 is 1.27 bits per heavy atom. The summed E-state index contributed by atoms with van der Waals surface area (Å²) < 4.78 is 26.3. The monoisotopic (exact) mass is 322 g/mol. The van der Waals surface area contributed by atoms with Crippen molar-refractivity contribution in [1.29, 1.82) is 0 Å². The number of aromatic nitrogens is 1. The van der Waals surface area contributed by atoms with Crippen molar-refractivity contribution in [3.05, 3.63) is 30.1 Å². The zero-order valence-electron chi connectivity index (χ0n) is 13.3. The molecule has 3 unspecified atom stereocenters. The second-order valence-electron chi connectivity index (χ2n) is 6.93.